The van der Waals surface area contributed by atoms with Crippen molar-refractivity contribution >= 4 is 33.4 Å². The van der Waals surface area contributed by atoms with Crippen molar-refractivity contribution in [3.63, 3.8) is 0 Å². The van der Waals surface area contributed by atoms with Gasteiger partial charge in [-0.15, -0.1) is 11.3 Å². The predicted molar refractivity (Wildman–Crippen MR) is 94.9 cm³/mol. The largest absolute Gasteiger partial charge is 0.462 e. The summed E-state index contributed by atoms with van der Waals surface area (Å²) in [5.74, 6) is -0.750. The third kappa shape index (κ3) is 3.89. The van der Waals surface area contributed by atoms with Crippen molar-refractivity contribution in [2.24, 2.45) is 0 Å². The molecule has 1 N–H and O–H groups in total. The Bertz CT molecular complexity index is 836. The number of hydrogen-bond donors (Lipinski definition) is 1. The van der Waals surface area contributed by atoms with Gasteiger partial charge < -0.3 is 10.1 Å². The minimum absolute atomic E-state index is 0.101. The van der Waals surface area contributed by atoms with E-state index in [1.165, 1.54) is 28.7 Å². The highest BCUT2D eigenvalue weighted by Crippen LogP contribution is 2.21. The Hall–Kier alpha value is -2.22. The van der Waals surface area contributed by atoms with E-state index >= 15 is 0 Å². The van der Waals surface area contributed by atoms with E-state index in [2.05, 4.69) is 10.3 Å². The van der Waals surface area contributed by atoms with Crippen molar-refractivity contribution in [3.8, 4) is 0 Å². The molecule has 0 spiro atoms. The van der Waals surface area contributed by atoms with Crippen molar-refractivity contribution in [3.05, 3.63) is 27.6 Å². The van der Waals surface area contributed by atoms with E-state index in [9.17, 15) is 14.4 Å². The molecule has 0 aromatic carbocycles. The van der Waals surface area contributed by atoms with Crippen molar-refractivity contribution < 1.29 is 14.3 Å². The molecule has 1 fully saturated rings. The van der Waals surface area contributed by atoms with Crippen LogP contribution in [0, 0.1) is 0 Å². The number of fused-ring (bicyclic) bond motifs is 1. The van der Waals surface area contributed by atoms with Gasteiger partial charge in [0.1, 0.15) is 11.4 Å². The first-order chi connectivity index (χ1) is 12.1. The summed E-state index contributed by atoms with van der Waals surface area (Å²) < 4.78 is 6.23. The molecule has 2 aromatic rings. The maximum atomic E-state index is 12.7. The molecule has 0 aliphatic heterocycles. The summed E-state index contributed by atoms with van der Waals surface area (Å²) in [5.41, 5.74) is -0.186. The monoisotopic (exact) mass is 363 g/mol. The molecule has 0 unspecified atom stereocenters. The maximum Gasteiger partial charge on any atom is 0.339 e. The highest BCUT2D eigenvalue weighted by atomic mass is 32.1. The fourth-order valence-corrected chi connectivity index (χ4v) is 3.98. The molecule has 25 heavy (non-hydrogen) atoms. The van der Waals surface area contributed by atoms with E-state index in [-0.39, 0.29) is 36.1 Å². The normalized spacial score (nSPS) is 15.2. The molecule has 7 nitrogen and oxygen atoms in total. The number of carbonyl (C=O) groups is 2. The van der Waals surface area contributed by atoms with E-state index in [4.69, 9.17) is 4.74 Å². The average Bonchev–Trinajstić information content (AvgIpc) is 3.03. The van der Waals surface area contributed by atoms with Gasteiger partial charge in [-0.1, -0.05) is 19.3 Å². The van der Waals surface area contributed by atoms with Crippen LogP contribution < -0.4 is 10.9 Å². The van der Waals surface area contributed by atoms with Crippen LogP contribution in [-0.2, 0) is 16.1 Å². The number of thiophene rings is 1. The van der Waals surface area contributed by atoms with Gasteiger partial charge in [0.25, 0.3) is 5.56 Å². The van der Waals surface area contributed by atoms with Crippen molar-refractivity contribution in [1.29, 1.82) is 0 Å². The van der Waals surface area contributed by atoms with Gasteiger partial charge >= 0.3 is 5.97 Å². The molecule has 1 aliphatic carbocycles. The zero-order valence-corrected chi connectivity index (χ0v) is 14.9. The van der Waals surface area contributed by atoms with Crippen LogP contribution in [0.4, 0.5) is 0 Å². The van der Waals surface area contributed by atoms with Crippen LogP contribution in [-0.4, -0.2) is 34.1 Å². The molecule has 2 aromatic heterocycles. The molecule has 0 radical (unpaired) electrons. The number of hydrogen-bond acceptors (Lipinski definition) is 6. The van der Waals surface area contributed by atoms with Gasteiger partial charge in [-0.2, -0.15) is 0 Å². The topological polar surface area (TPSA) is 90.3 Å². The molecule has 0 bridgehead atoms. The first kappa shape index (κ1) is 17.6. The number of amides is 1. The molecule has 1 aliphatic rings. The van der Waals surface area contributed by atoms with Crippen molar-refractivity contribution in [2.75, 3.05) is 6.61 Å². The maximum absolute atomic E-state index is 12.7. The molecule has 8 heteroatoms. The lowest BCUT2D eigenvalue weighted by atomic mass is 9.95. The molecular formula is C17H21N3O4S. The molecule has 0 saturated heterocycles. The number of nitrogens with one attached hydrogen (secondary N) is 1. The third-order valence-electron chi connectivity index (χ3n) is 4.34. The Balaban J connectivity index is 1.80. The van der Waals surface area contributed by atoms with Gasteiger partial charge in [0.15, 0.2) is 0 Å². The molecule has 1 saturated carbocycles. The second kappa shape index (κ2) is 7.77. The van der Waals surface area contributed by atoms with Gasteiger partial charge in [0.05, 0.1) is 23.9 Å². The Kier molecular flexibility index (Phi) is 5.47. The number of nitrogens with zero attached hydrogens (tertiary/aromatic N) is 2. The zero-order chi connectivity index (χ0) is 17.8. The summed E-state index contributed by atoms with van der Waals surface area (Å²) in [5, 5.41) is 4.77. The smallest absolute Gasteiger partial charge is 0.339 e. The summed E-state index contributed by atoms with van der Waals surface area (Å²) in [6, 6.07) is 0.185. The van der Waals surface area contributed by atoms with E-state index < -0.39 is 11.5 Å². The number of carbonyl (C=O) groups excluding carboxylic acids is 2. The van der Waals surface area contributed by atoms with Crippen LogP contribution in [0.25, 0.3) is 10.2 Å². The SMILES string of the molecule is CCOC(=O)c1csc2ncn(CC(=O)NC3CCCCC3)c(=O)c12. The quantitative estimate of drug-likeness (QED) is 0.822. The number of esters is 1. The highest BCUT2D eigenvalue weighted by molar-refractivity contribution is 7.17. The molecule has 0 atom stereocenters. The molecular weight excluding hydrogens is 342 g/mol. The second-order valence-electron chi connectivity index (χ2n) is 6.13. The fourth-order valence-electron chi connectivity index (χ4n) is 3.11. The van der Waals surface area contributed by atoms with Gasteiger partial charge in [-0.25, -0.2) is 9.78 Å². The lowest BCUT2D eigenvalue weighted by Gasteiger charge is -2.22. The van der Waals surface area contributed by atoms with Crippen LogP contribution in [0.1, 0.15) is 49.4 Å². The molecule has 134 valence electrons. The minimum Gasteiger partial charge on any atom is -0.462 e. The van der Waals surface area contributed by atoms with E-state index in [1.54, 1.807) is 12.3 Å². The van der Waals surface area contributed by atoms with Crippen LogP contribution in [0.2, 0.25) is 0 Å². The standard InChI is InChI=1S/C17H21N3O4S/c1-2-24-17(23)12-9-25-15-14(12)16(22)20(10-18-15)8-13(21)19-11-6-4-3-5-7-11/h9-11H,2-8H2,1H3,(H,19,21). The highest BCUT2D eigenvalue weighted by Gasteiger charge is 2.20. The van der Waals surface area contributed by atoms with E-state index in [1.807, 2.05) is 0 Å². The third-order valence-corrected chi connectivity index (χ3v) is 5.23. The lowest BCUT2D eigenvalue weighted by molar-refractivity contribution is -0.122. The van der Waals surface area contributed by atoms with Crippen molar-refractivity contribution in [2.45, 2.75) is 51.6 Å². The summed E-state index contributed by atoms with van der Waals surface area (Å²) in [7, 11) is 0. The van der Waals surface area contributed by atoms with Crippen LogP contribution in [0.3, 0.4) is 0 Å². The molecule has 2 heterocycles. The Morgan fingerprint density at radius 2 is 2.12 bits per heavy atom. The second-order valence-corrected chi connectivity index (χ2v) is 6.99. The van der Waals surface area contributed by atoms with Crippen LogP contribution >= 0.6 is 11.3 Å². The van der Waals surface area contributed by atoms with E-state index in [0.29, 0.717) is 4.83 Å². The number of aromatic nitrogens is 2. The summed E-state index contributed by atoms with van der Waals surface area (Å²) in [6.07, 6.45) is 6.77. The Labute approximate surface area is 149 Å². The fraction of sp³-hybridized carbons (Fsp3) is 0.529. The van der Waals surface area contributed by atoms with Gasteiger partial charge in [0.2, 0.25) is 5.91 Å². The Morgan fingerprint density at radius 1 is 1.36 bits per heavy atom. The van der Waals surface area contributed by atoms with Crippen molar-refractivity contribution in [1.82, 2.24) is 14.9 Å². The summed E-state index contributed by atoms with van der Waals surface area (Å²) >= 11 is 1.21. The molecule has 3 rings (SSSR count). The average molecular weight is 363 g/mol. The van der Waals surface area contributed by atoms with Gasteiger partial charge in [-0.05, 0) is 19.8 Å². The summed E-state index contributed by atoms with van der Waals surface area (Å²) in [6.45, 7) is 1.84. The first-order valence-electron chi connectivity index (χ1n) is 8.53. The van der Waals surface area contributed by atoms with E-state index in [0.717, 1.165) is 25.7 Å². The predicted octanol–water partition coefficient (Wildman–Crippen LogP) is 2.08. The zero-order valence-electron chi connectivity index (χ0n) is 14.1. The summed E-state index contributed by atoms with van der Waals surface area (Å²) in [4.78, 5) is 41.6. The first-order valence-corrected chi connectivity index (χ1v) is 9.41. The Morgan fingerprint density at radius 3 is 2.84 bits per heavy atom. The lowest BCUT2D eigenvalue weighted by Crippen LogP contribution is -2.39. The number of ether oxygens (including phenoxy) is 1. The minimum atomic E-state index is -0.544. The van der Waals surface area contributed by atoms with Gasteiger partial charge in [-0.3, -0.25) is 14.2 Å². The van der Waals surface area contributed by atoms with Gasteiger partial charge in [0, 0.05) is 11.4 Å². The van der Waals surface area contributed by atoms with Crippen LogP contribution in [0.15, 0.2) is 16.5 Å². The number of rotatable bonds is 5. The molecule has 1 amide bonds. The van der Waals surface area contributed by atoms with Crippen LogP contribution in [0.5, 0.6) is 0 Å².